The molecule has 2 N–H and O–H groups in total. The highest BCUT2D eigenvalue weighted by atomic mass is 32.2. The summed E-state index contributed by atoms with van der Waals surface area (Å²) >= 11 is 0. The monoisotopic (exact) mass is 380 g/mol. The molecule has 2 rings (SSSR count). The molecule has 0 saturated carbocycles. The molecular weight excluding hydrogens is 359 g/mol. The molecule has 140 valence electrons. The van der Waals surface area contributed by atoms with Gasteiger partial charge in [0, 0.05) is 24.4 Å². The minimum Gasteiger partial charge on any atom is -0.383 e. The number of sulfonamides is 1. The molecule has 0 aromatic heterocycles. The van der Waals surface area contributed by atoms with E-state index < -0.39 is 21.7 Å². The summed E-state index contributed by atoms with van der Waals surface area (Å²) in [5.41, 5.74) is 1.26. The number of aryl methyl sites for hydroxylation is 1. The molecular formula is C18H21FN2O4S. The minimum absolute atomic E-state index is 0.0698. The van der Waals surface area contributed by atoms with Crippen molar-refractivity contribution in [3.8, 4) is 0 Å². The average molecular weight is 380 g/mol. The second-order valence-electron chi connectivity index (χ2n) is 5.92. The Kier molecular flexibility index (Phi) is 6.47. The first-order chi connectivity index (χ1) is 12.2. The molecule has 1 unspecified atom stereocenters. The fourth-order valence-corrected chi connectivity index (χ4v) is 3.60. The van der Waals surface area contributed by atoms with Gasteiger partial charge in [-0.1, -0.05) is 6.07 Å². The Morgan fingerprint density at radius 1 is 1.19 bits per heavy atom. The molecule has 0 radical (unpaired) electrons. The lowest BCUT2D eigenvalue weighted by atomic mass is 10.1. The third-order valence-corrected chi connectivity index (χ3v) is 5.25. The van der Waals surface area contributed by atoms with Crippen LogP contribution < -0.4 is 10.0 Å². The van der Waals surface area contributed by atoms with Crippen molar-refractivity contribution in [3.05, 3.63) is 59.4 Å². The van der Waals surface area contributed by atoms with E-state index in [1.54, 1.807) is 13.8 Å². The van der Waals surface area contributed by atoms with E-state index in [0.29, 0.717) is 11.3 Å². The van der Waals surface area contributed by atoms with Gasteiger partial charge in [-0.15, -0.1) is 0 Å². The van der Waals surface area contributed by atoms with E-state index in [0.717, 1.165) is 6.07 Å². The van der Waals surface area contributed by atoms with E-state index in [1.807, 2.05) is 0 Å². The highest BCUT2D eigenvalue weighted by Gasteiger charge is 2.17. The third kappa shape index (κ3) is 5.10. The van der Waals surface area contributed by atoms with Crippen LogP contribution in [-0.4, -0.2) is 34.1 Å². The van der Waals surface area contributed by atoms with Crippen molar-refractivity contribution in [3.63, 3.8) is 0 Å². The topological polar surface area (TPSA) is 84.5 Å². The van der Waals surface area contributed by atoms with Gasteiger partial charge in [-0.3, -0.25) is 4.79 Å². The average Bonchev–Trinajstić information content (AvgIpc) is 2.57. The molecule has 26 heavy (non-hydrogen) atoms. The maximum atomic E-state index is 13.3. The second-order valence-corrected chi connectivity index (χ2v) is 7.63. The largest absolute Gasteiger partial charge is 0.383 e. The Balaban J connectivity index is 2.12. The van der Waals surface area contributed by atoms with E-state index >= 15 is 0 Å². The maximum absolute atomic E-state index is 13.3. The fourth-order valence-electron chi connectivity index (χ4n) is 2.37. The molecule has 1 atom stereocenters. The number of ether oxygens (including phenoxy) is 1. The number of anilines is 1. The first-order valence-electron chi connectivity index (χ1n) is 7.92. The molecule has 0 saturated heterocycles. The highest BCUT2D eigenvalue weighted by Crippen LogP contribution is 2.17. The third-order valence-electron chi connectivity index (χ3n) is 3.64. The smallest absolute Gasteiger partial charge is 0.256 e. The summed E-state index contributed by atoms with van der Waals surface area (Å²) in [5.74, 6) is -0.970. The molecule has 0 aliphatic rings. The number of hydrogen-bond donors (Lipinski definition) is 2. The summed E-state index contributed by atoms with van der Waals surface area (Å²) in [6.07, 6.45) is 0. The molecule has 0 bridgehead atoms. The van der Waals surface area contributed by atoms with Gasteiger partial charge in [0.1, 0.15) is 5.82 Å². The van der Waals surface area contributed by atoms with Crippen LogP contribution in [0.3, 0.4) is 0 Å². The summed E-state index contributed by atoms with van der Waals surface area (Å²) < 4.78 is 45.2. The molecule has 1 amide bonds. The van der Waals surface area contributed by atoms with Crippen LogP contribution >= 0.6 is 0 Å². The molecule has 8 heteroatoms. The Labute approximate surface area is 152 Å². The fraction of sp³-hybridized carbons (Fsp3) is 0.278. The first-order valence-corrected chi connectivity index (χ1v) is 9.40. The van der Waals surface area contributed by atoms with Crippen LogP contribution in [0, 0.1) is 12.7 Å². The van der Waals surface area contributed by atoms with Crippen LogP contribution in [0.5, 0.6) is 0 Å². The van der Waals surface area contributed by atoms with Crippen molar-refractivity contribution in [1.29, 1.82) is 0 Å². The van der Waals surface area contributed by atoms with Crippen molar-refractivity contribution in [2.45, 2.75) is 24.8 Å². The van der Waals surface area contributed by atoms with Gasteiger partial charge in [0.15, 0.2) is 0 Å². The van der Waals surface area contributed by atoms with E-state index in [4.69, 9.17) is 4.74 Å². The standard InChI is InChI=1S/C18H21FN2O4S/c1-12-4-5-14(19)10-17(12)18(22)20-15-6-8-16(9-7-15)26(23,24)21-13(2)11-25-3/h4-10,13,21H,11H2,1-3H3,(H,20,22). The van der Waals surface area contributed by atoms with Crippen LogP contribution in [0.25, 0.3) is 0 Å². The van der Waals surface area contributed by atoms with E-state index in [9.17, 15) is 17.6 Å². The van der Waals surface area contributed by atoms with Crippen molar-refractivity contribution in [2.24, 2.45) is 0 Å². The van der Waals surface area contributed by atoms with E-state index in [2.05, 4.69) is 10.0 Å². The number of benzene rings is 2. The van der Waals surface area contributed by atoms with Crippen LogP contribution in [0.2, 0.25) is 0 Å². The second kappa shape index (κ2) is 8.39. The van der Waals surface area contributed by atoms with Gasteiger partial charge in [-0.2, -0.15) is 0 Å². The molecule has 0 fully saturated rings. The lowest BCUT2D eigenvalue weighted by Gasteiger charge is -2.13. The van der Waals surface area contributed by atoms with Crippen molar-refractivity contribution >= 4 is 21.6 Å². The van der Waals surface area contributed by atoms with Gasteiger partial charge in [0.05, 0.1) is 11.5 Å². The van der Waals surface area contributed by atoms with Crippen LogP contribution in [-0.2, 0) is 14.8 Å². The number of hydrogen-bond acceptors (Lipinski definition) is 4. The van der Waals surface area contributed by atoms with E-state index in [1.165, 1.54) is 43.5 Å². The number of rotatable bonds is 7. The van der Waals surface area contributed by atoms with Gasteiger partial charge in [0.2, 0.25) is 10.0 Å². The number of methoxy groups -OCH3 is 1. The van der Waals surface area contributed by atoms with Crippen LogP contribution in [0.4, 0.5) is 10.1 Å². The van der Waals surface area contributed by atoms with Gasteiger partial charge in [-0.05, 0) is 55.8 Å². The molecule has 0 spiro atoms. The number of amides is 1. The molecule has 0 aliphatic heterocycles. The SMILES string of the molecule is COCC(C)NS(=O)(=O)c1ccc(NC(=O)c2cc(F)ccc2C)cc1. The lowest BCUT2D eigenvalue weighted by molar-refractivity contribution is 0.102. The number of carbonyl (C=O) groups excluding carboxylic acids is 1. The maximum Gasteiger partial charge on any atom is 0.256 e. The molecule has 0 heterocycles. The quantitative estimate of drug-likeness (QED) is 0.774. The molecule has 2 aromatic rings. The van der Waals surface area contributed by atoms with Crippen molar-refractivity contribution in [2.75, 3.05) is 19.0 Å². The number of nitrogens with one attached hydrogen (secondary N) is 2. The van der Waals surface area contributed by atoms with Crippen molar-refractivity contribution < 1.29 is 22.3 Å². The lowest BCUT2D eigenvalue weighted by Crippen LogP contribution is -2.35. The number of carbonyl (C=O) groups is 1. The van der Waals surface area contributed by atoms with Gasteiger partial charge >= 0.3 is 0 Å². The van der Waals surface area contributed by atoms with Gasteiger partial charge in [-0.25, -0.2) is 17.5 Å². The van der Waals surface area contributed by atoms with Gasteiger partial charge < -0.3 is 10.1 Å². The molecule has 0 aliphatic carbocycles. The summed E-state index contributed by atoms with van der Waals surface area (Å²) in [7, 11) is -2.20. The minimum atomic E-state index is -3.68. The molecule has 6 nitrogen and oxygen atoms in total. The van der Waals surface area contributed by atoms with Crippen molar-refractivity contribution in [1.82, 2.24) is 4.72 Å². The number of halogens is 1. The van der Waals surface area contributed by atoms with Crippen LogP contribution in [0.15, 0.2) is 47.4 Å². The Morgan fingerprint density at radius 2 is 1.85 bits per heavy atom. The zero-order valence-electron chi connectivity index (χ0n) is 14.7. The zero-order valence-corrected chi connectivity index (χ0v) is 15.6. The van der Waals surface area contributed by atoms with Crippen LogP contribution in [0.1, 0.15) is 22.8 Å². The summed E-state index contributed by atoms with van der Waals surface area (Å²) in [5, 5.41) is 2.63. The normalized spacial score (nSPS) is 12.6. The first kappa shape index (κ1) is 20.0. The zero-order chi connectivity index (χ0) is 19.3. The predicted octanol–water partition coefficient (Wildman–Crippen LogP) is 2.70. The van der Waals surface area contributed by atoms with E-state index in [-0.39, 0.29) is 23.1 Å². The molecule has 2 aromatic carbocycles. The Bertz CT molecular complexity index is 883. The summed E-state index contributed by atoms with van der Waals surface area (Å²) in [4.78, 5) is 12.3. The highest BCUT2D eigenvalue weighted by molar-refractivity contribution is 7.89. The summed E-state index contributed by atoms with van der Waals surface area (Å²) in [6.45, 7) is 3.65. The Hall–Kier alpha value is -2.29. The summed E-state index contributed by atoms with van der Waals surface area (Å²) in [6, 6.07) is 9.30. The Morgan fingerprint density at radius 3 is 2.46 bits per heavy atom. The predicted molar refractivity (Wildman–Crippen MR) is 97.2 cm³/mol. The van der Waals surface area contributed by atoms with Gasteiger partial charge in [0.25, 0.3) is 5.91 Å².